The van der Waals surface area contributed by atoms with Gasteiger partial charge < -0.3 is 5.73 Å². The van der Waals surface area contributed by atoms with E-state index in [1.54, 1.807) is 6.20 Å². The summed E-state index contributed by atoms with van der Waals surface area (Å²) in [4.78, 5) is 4.23. The summed E-state index contributed by atoms with van der Waals surface area (Å²) in [7, 11) is 0. The Hall–Kier alpha value is -0.600. The summed E-state index contributed by atoms with van der Waals surface area (Å²) in [6.07, 6.45) is 6.77. The molecule has 2 rings (SSSR count). The number of rotatable bonds is 3. The Bertz CT molecular complexity index is 310. The Kier molecular flexibility index (Phi) is 3.04. The number of aromatic nitrogens is 1. The molecule has 14 heavy (non-hydrogen) atoms. The first-order valence-corrected chi connectivity index (χ1v) is 5.51. The lowest BCUT2D eigenvalue weighted by molar-refractivity contribution is 0.276. The van der Waals surface area contributed by atoms with E-state index in [2.05, 4.69) is 4.98 Å². The number of nitrogens with zero attached hydrogens (tertiary/aromatic N) is 1. The fourth-order valence-electron chi connectivity index (χ4n) is 1.87. The Morgan fingerprint density at radius 3 is 2.93 bits per heavy atom. The van der Waals surface area contributed by atoms with Crippen LogP contribution in [0.5, 0.6) is 0 Å². The van der Waals surface area contributed by atoms with Crippen molar-refractivity contribution in [3.63, 3.8) is 0 Å². The molecule has 0 aromatic carbocycles. The minimum Gasteiger partial charge on any atom is -0.323 e. The number of pyridine rings is 1. The lowest BCUT2D eigenvalue weighted by Crippen LogP contribution is -2.21. The molecule has 1 unspecified atom stereocenters. The lowest BCUT2D eigenvalue weighted by atomic mass is 9.80. The quantitative estimate of drug-likeness (QED) is 0.833. The second-order valence-electron chi connectivity index (χ2n) is 4.01. The lowest BCUT2D eigenvalue weighted by Gasteiger charge is -2.27. The normalized spacial score (nSPS) is 19.0. The van der Waals surface area contributed by atoms with Crippen LogP contribution in [0.1, 0.15) is 37.4 Å². The van der Waals surface area contributed by atoms with Crippen LogP contribution in [0.25, 0.3) is 0 Å². The molecular weight excluding hydrogens is 196 g/mol. The molecule has 1 aromatic rings. The SMILES string of the molecule is NC(CC1CCC1)c1ncccc1Cl. The van der Waals surface area contributed by atoms with Crippen molar-refractivity contribution in [2.45, 2.75) is 31.7 Å². The standard InChI is InChI=1S/C11H15ClN2/c12-9-5-2-6-14-11(9)10(13)7-8-3-1-4-8/h2,5-6,8,10H,1,3-4,7,13H2. The average molecular weight is 211 g/mol. The van der Waals surface area contributed by atoms with Crippen molar-refractivity contribution in [3.05, 3.63) is 29.0 Å². The van der Waals surface area contributed by atoms with Gasteiger partial charge in [-0.05, 0) is 24.5 Å². The minimum atomic E-state index is 0.00833. The van der Waals surface area contributed by atoms with Crippen LogP contribution in [-0.4, -0.2) is 4.98 Å². The molecule has 3 heteroatoms. The summed E-state index contributed by atoms with van der Waals surface area (Å²) >= 11 is 6.02. The van der Waals surface area contributed by atoms with Gasteiger partial charge in [0.2, 0.25) is 0 Å². The van der Waals surface area contributed by atoms with Crippen molar-refractivity contribution in [1.82, 2.24) is 4.98 Å². The van der Waals surface area contributed by atoms with Crippen molar-refractivity contribution >= 4 is 11.6 Å². The predicted molar refractivity (Wildman–Crippen MR) is 58.1 cm³/mol. The zero-order valence-electron chi connectivity index (χ0n) is 8.12. The molecule has 1 aliphatic carbocycles. The van der Waals surface area contributed by atoms with Crippen LogP contribution < -0.4 is 5.73 Å². The Morgan fingerprint density at radius 1 is 1.57 bits per heavy atom. The summed E-state index contributed by atoms with van der Waals surface area (Å²) < 4.78 is 0. The Balaban J connectivity index is 2.02. The van der Waals surface area contributed by atoms with Crippen LogP contribution in [-0.2, 0) is 0 Å². The molecule has 0 spiro atoms. The van der Waals surface area contributed by atoms with Crippen molar-refractivity contribution in [2.24, 2.45) is 11.7 Å². The largest absolute Gasteiger partial charge is 0.323 e. The second kappa shape index (κ2) is 4.28. The molecule has 76 valence electrons. The van der Waals surface area contributed by atoms with Crippen LogP contribution >= 0.6 is 11.6 Å². The number of nitrogens with two attached hydrogens (primary N) is 1. The molecule has 1 heterocycles. The molecule has 0 saturated heterocycles. The maximum atomic E-state index is 6.06. The minimum absolute atomic E-state index is 0.00833. The van der Waals surface area contributed by atoms with Crippen molar-refractivity contribution in [2.75, 3.05) is 0 Å². The van der Waals surface area contributed by atoms with Gasteiger partial charge in [0.05, 0.1) is 10.7 Å². The van der Waals surface area contributed by atoms with E-state index in [1.807, 2.05) is 12.1 Å². The van der Waals surface area contributed by atoms with Gasteiger partial charge in [0.15, 0.2) is 0 Å². The molecule has 1 aromatic heterocycles. The van der Waals surface area contributed by atoms with Crippen molar-refractivity contribution in [1.29, 1.82) is 0 Å². The molecule has 0 amide bonds. The molecule has 2 nitrogen and oxygen atoms in total. The fraction of sp³-hybridized carbons (Fsp3) is 0.545. The Labute approximate surface area is 89.5 Å². The van der Waals surface area contributed by atoms with Crippen molar-refractivity contribution in [3.8, 4) is 0 Å². The fourth-order valence-corrected chi connectivity index (χ4v) is 2.13. The maximum absolute atomic E-state index is 6.06. The number of halogens is 1. The monoisotopic (exact) mass is 210 g/mol. The summed E-state index contributed by atoms with van der Waals surface area (Å²) in [6, 6.07) is 3.70. The van der Waals surface area contributed by atoms with E-state index in [0.717, 1.165) is 18.0 Å². The highest BCUT2D eigenvalue weighted by Gasteiger charge is 2.22. The molecule has 1 atom stereocenters. The zero-order chi connectivity index (χ0) is 9.97. The van der Waals surface area contributed by atoms with E-state index in [0.29, 0.717) is 5.02 Å². The van der Waals surface area contributed by atoms with Gasteiger partial charge in [-0.15, -0.1) is 0 Å². The van der Waals surface area contributed by atoms with E-state index >= 15 is 0 Å². The second-order valence-corrected chi connectivity index (χ2v) is 4.42. The van der Waals surface area contributed by atoms with Crippen LogP contribution in [0, 0.1) is 5.92 Å². The number of hydrogen-bond donors (Lipinski definition) is 1. The third kappa shape index (κ3) is 2.07. The molecule has 2 N–H and O–H groups in total. The van der Waals surface area contributed by atoms with Crippen LogP contribution in [0.2, 0.25) is 5.02 Å². The molecule has 0 radical (unpaired) electrons. The van der Waals surface area contributed by atoms with E-state index in [-0.39, 0.29) is 6.04 Å². The third-order valence-corrected chi connectivity index (χ3v) is 3.27. The van der Waals surface area contributed by atoms with Crippen molar-refractivity contribution < 1.29 is 0 Å². The topological polar surface area (TPSA) is 38.9 Å². The van der Waals surface area contributed by atoms with E-state index in [1.165, 1.54) is 19.3 Å². The van der Waals surface area contributed by atoms with Crippen LogP contribution in [0.3, 0.4) is 0 Å². The molecule has 1 aliphatic rings. The maximum Gasteiger partial charge on any atom is 0.0756 e. The van der Waals surface area contributed by atoms with Gasteiger partial charge in [-0.1, -0.05) is 30.9 Å². The van der Waals surface area contributed by atoms with Gasteiger partial charge in [-0.25, -0.2) is 0 Å². The van der Waals surface area contributed by atoms with Crippen LogP contribution in [0.15, 0.2) is 18.3 Å². The highest BCUT2D eigenvalue weighted by molar-refractivity contribution is 6.31. The molecule has 1 saturated carbocycles. The van der Waals surface area contributed by atoms with E-state index in [9.17, 15) is 0 Å². The summed E-state index contributed by atoms with van der Waals surface area (Å²) in [6.45, 7) is 0. The highest BCUT2D eigenvalue weighted by atomic mass is 35.5. The first kappa shape index (κ1) is 9.94. The van der Waals surface area contributed by atoms with Crippen LogP contribution in [0.4, 0.5) is 0 Å². The molecular formula is C11H15ClN2. The molecule has 0 aliphatic heterocycles. The highest BCUT2D eigenvalue weighted by Crippen LogP contribution is 2.34. The first-order chi connectivity index (χ1) is 6.77. The predicted octanol–water partition coefficient (Wildman–Crippen LogP) is 2.93. The molecule has 0 bridgehead atoms. The Morgan fingerprint density at radius 2 is 2.36 bits per heavy atom. The van der Waals surface area contributed by atoms with Gasteiger partial charge in [0.1, 0.15) is 0 Å². The zero-order valence-corrected chi connectivity index (χ0v) is 8.87. The average Bonchev–Trinajstić information content (AvgIpc) is 2.12. The third-order valence-electron chi connectivity index (χ3n) is 2.95. The van der Waals surface area contributed by atoms with E-state index in [4.69, 9.17) is 17.3 Å². The summed E-state index contributed by atoms with van der Waals surface area (Å²) in [5, 5.41) is 0.694. The van der Waals surface area contributed by atoms with Gasteiger partial charge in [-0.3, -0.25) is 4.98 Å². The van der Waals surface area contributed by atoms with Gasteiger partial charge in [-0.2, -0.15) is 0 Å². The van der Waals surface area contributed by atoms with Gasteiger partial charge in [0, 0.05) is 12.2 Å². The summed E-state index contributed by atoms with van der Waals surface area (Å²) in [5.41, 5.74) is 6.91. The first-order valence-electron chi connectivity index (χ1n) is 5.13. The number of hydrogen-bond acceptors (Lipinski definition) is 2. The summed E-state index contributed by atoms with van der Waals surface area (Å²) in [5.74, 6) is 0.795. The van der Waals surface area contributed by atoms with Gasteiger partial charge >= 0.3 is 0 Å². The van der Waals surface area contributed by atoms with Gasteiger partial charge in [0.25, 0.3) is 0 Å². The van der Waals surface area contributed by atoms with E-state index < -0.39 is 0 Å². The molecule has 1 fully saturated rings. The smallest absolute Gasteiger partial charge is 0.0756 e.